The summed E-state index contributed by atoms with van der Waals surface area (Å²) in [5, 5.41) is 0. The van der Waals surface area contributed by atoms with Crippen LogP contribution in [0.3, 0.4) is 0 Å². The van der Waals surface area contributed by atoms with Gasteiger partial charge >= 0.3 is 5.97 Å². The summed E-state index contributed by atoms with van der Waals surface area (Å²) >= 11 is 0. The zero-order valence-electron chi connectivity index (χ0n) is 20.7. The number of halogens is 3. The van der Waals surface area contributed by atoms with Crippen molar-refractivity contribution in [2.45, 2.75) is 58.3 Å². The van der Waals surface area contributed by atoms with Crippen LogP contribution in [0.4, 0.5) is 13.2 Å². The lowest BCUT2D eigenvalue weighted by molar-refractivity contribution is -0.140. The van der Waals surface area contributed by atoms with Crippen molar-refractivity contribution in [2.75, 3.05) is 0 Å². The predicted octanol–water partition coefficient (Wildman–Crippen LogP) is 8.39. The molecule has 4 rings (SSSR count). The standard InChI is InChI=1S/C30H33F3O3/c1-3-17-35-27-16-14-24(28(32)29(27)33)23-13-15-26(25(31)18-23)36-30(34)22-11-9-21(10-12-22)20-7-5-19(4-2)6-8-20/h3-4,13-22H,2,5-12H2,1H3. The van der Waals surface area contributed by atoms with Gasteiger partial charge in [0, 0.05) is 5.56 Å². The first-order chi connectivity index (χ1) is 17.4. The van der Waals surface area contributed by atoms with Crippen LogP contribution in [0.5, 0.6) is 11.5 Å². The molecule has 0 amide bonds. The number of carbonyl (C=O) groups excluding carboxylic acids is 1. The Kier molecular flexibility index (Phi) is 8.55. The first-order valence-electron chi connectivity index (χ1n) is 12.8. The van der Waals surface area contributed by atoms with E-state index in [1.165, 1.54) is 56.2 Å². The molecule has 0 saturated heterocycles. The minimum atomic E-state index is -1.16. The summed E-state index contributed by atoms with van der Waals surface area (Å²) in [5.41, 5.74) is 0.0190. The fourth-order valence-corrected chi connectivity index (χ4v) is 5.61. The van der Waals surface area contributed by atoms with Gasteiger partial charge in [-0.3, -0.25) is 4.79 Å². The second-order valence-electron chi connectivity index (χ2n) is 9.92. The van der Waals surface area contributed by atoms with E-state index in [4.69, 9.17) is 9.47 Å². The molecule has 0 aromatic heterocycles. The summed E-state index contributed by atoms with van der Waals surface area (Å²) in [6.07, 6.45) is 13.2. The second-order valence-corrected chi connectivity index (χ2v) is 9.92. The van der Waals surface area contributed by atoms with Gasteiger partial charge in [-0.1, -0.05) is 18.2 Å². The van der Waals surface area contributed by atoms with Crippen molar-refractivity contribution in [1.29, 1.82) is 0 Å². The van der Waals surface area contributed by atoms with Crippen LogP contribution in [0.2, 0.25) is 0 Å². The van der Waals surface area contributed by atoms with Gasteiger partial charge in [0.05, 0.1) is 12.2 Å². The smallest absolute Gasteiger partial charge is 0.314 e. The number of rotatable bonds is 7. The minimum Gasteiger partial charge on any atom is -0.462 e. The molecule has 2 fully saturated rings. The molecule has 0 N–H and O–H groups in total. The van der Waals surface area contributed by atoms with Crippen LogP contribution in [0.15, 0.2) is 55.3 Å². The van der Waals surface area contributed by atoms with E-state index in [1.54, 1.807) is 13.0 Å². The zero-order valence-corrected chi connectivity index (χ0v) is 20.7. The molecule has 0 radical (unpaired) electrons. The topological polar surface area (TPSA) is 35.5 Å². The van der Waals surface area contributed by atoms with Crippen LogP contribution in [0, 0.1) is 41.1 Å². The van der Waals surface area contributed by atoms with Gasteiger partial charge in [0.2, 0.25) is 5.82 Å². The minimum absolute atomic E-state index is 0.113. The normalized spacial score (nSPS) is 24.4. The van der Waals surface area contributed by atoms with E-state index < -0.39 is 23.4 Å². The largest absolute Gasteiger partial charge is 0.462 e. The van der Waals surface area contributed by atoms with Gasteiger partial charge in [0.1, 0.15) is 0 Å². The Morgan fingerprint density at radius 1 is 0.889 bits per heavy atom. The average Bonchev–Trinajstić information content (AvgIpc) is 2.91. The molecule has 2 aromatic rings. The fraction of sp³-hybridized carbons (Fsp3) is 0.433. The van der Waals surface area contributed by atoms with Gasteiger partial charge in [-0.2, -0.15) is 4.39 Å². The van der Waals surface area contributed by atoms with Crippen molar-refractivity contribution in [3.05, 3.63) is 72.8 Å². The highest BCUT2D eigenvalue weighted by Crippen LogP contribution is 2.42. The lowest BCUT2D eigenvalue weighted by Gasteiger charge is -2.36. The highest BCUT2D eigenvalue weighted by Gasteiger charge is 2.33. The third kappa shape index (κ3) is 5.85. The van der Waals surface area contributed by atoms with Gasteiger partial charge in [-0.05, 0) is 106 Å². The van der Waals surface area contributed by atoms with Crippen LogP contribution in [0.1, 0.15) is 58.3 Å². The molecule has 2 aliphatic carbocycles. The Morgan fingerprint density at radius 2 is 1.53 bits per heavy atom. The summed E-state index contributed by atoms with van der Waals surface area (Å²) in [4.78, 5) is 12.7. The third-order valence-corrected chi connectivity index (χ3v) is 7.75. The lowest BCUT2D eigenvalue weighted by Crippen LogP contribution is -2.30. The third-order valence-electron chi connectivity index (χ3n) is 7.75. The van der Waals surface area contributed by atoms with E-state index in [1.807, 2.05) is 0 Å². The van der Waals surface area contributed by atoms with Gasteiger partial charge in [-0.25, -0.2) is 8.78 Å². The Labute approximate surface area is 211 Å². The van der Waals surface area contributed by atoms with Gasteiger partial charge in [0.25, 0.3) is 0 Å². The molecule has 0 bridgehead atoms. The summed E-state index contributed by atoms with van der Waals surface area (Å²) < 4.78 is 54.1. The van der Waals surface area contributed by atoms with Crippen LogP contribution >= 0.6 is 0 Å². The summed E-state index contributed by atoms with van der Waals surface area (Å²) in [6, 6.07) is 6.34. The van der Waals surface area contributed by atoms with Gasteiger partial charge in [-0.15, -0.1) is 6.58 Å². The zero-order chi connectivity index (χ0) is 25.7. The Morgan fingerprint density at radius 3 is 2.14 bits per heavy atom. The number of allylic oxidation sites excluding steroid dienone is 2. The van der Waals surface area contributed by atoms with Crippen LogP contribution in [-0.2, 0) is 4.79 Å². The molecule has 0 heterocycles. The van der Waals surface area contributed by atoms with E-state index in [0.29, 0.717) is 11.8 Å². The highest BCUT2D eigenvalue weighted by molar-refractivity contribution is 5.76. The van der Waals surface area contributed by atoms with Crippen molar-refractivity contribution in [2.24, 2.45) is 23.7 Å². The van der Waals surface area contributed by atoms with Crippen LogP contribution in [-0.4, -0.2) is 5.97 Å². The lowest BCUT2D eigenvalue weighted by atomic mass is 9.69. The monoisotopic (exact) mass is 498 g/mol. The number of hydrogen-bond acceptors (Lipinski definition) is 3. The molecular formula is C30H33F3O3. The van der Waals surface area contributed by atoms with Gasteiger partial charge in [0.15, 0.2) is 23.1 Å². The number of ether oxygens (including phenoxy) is 2. The molecule has 2 saturated carbocycles. The van der Waals surface area contributed by atoms with Crippen molar-refractivity contribution >= 4 is 5.97 Å². The summed E-state index contributed by atoms with van der Waals surface area (Å²) in [5.74, 6) is -2.26. The SMILES string of the molecule is C=CC1CCC(C2CCC(C(=O)Oc3ccc(-c4ccc(OC=CC)c(F)c4F)cc3F)CC2)CC1. The maximum atomic E-state index is 14.8. The van der Waals surface area contributed by atoms with E-state index >= 15 is 0 Å². The molecule has 2 aliphatic rings. The fourth-order valence-electron chi connectivity index (χ4n) is 5.61. The van der Waals surface area contributed by atoms with Crippen molar-refractivity contribution in [1.82, 2.24) is 0 Å². The van der Waals surface area contributed by atoms with Crippen molar-refractivity contribution < 1.29 is 27.4 Å². The first-order valence-corrected chi connectivity index (χ1v) is 12.8. The Balaban J connectivity index is 1.35. The van der Waals surface area contributed by atoms with E-state index in [2.05, 4.69) is 12.7 Å². The van der Waals surface area contributed by atoms with Crippen molar-refractivity contribution in [3.63, 3.8) is 0 Å². The molecule has 36 heavy (non-hydrogen) atoms. The van der Waals surface area contributed by atoms with E-state index in [0.717, 1.165) is 37.7 Å². The van der Waals surface area contributed by atoms with Gasteiger partial charge < -0.3 is 9.47 Å². The Hall–Kier alpha value is -3.02. The molecule has 2 aromatic carbocycles. The van der Waals surface area contributed by atoms with E-state index in [9.17, 15) is 18.0 Å². The summed E-state index contributed by atoms with van der Waals surface area (Å²) in [7, 11) is 0. The predicted molar refractivity (Wildman–Crippen MR) is 134 cm³/mol. The number of esters is 1. The average molecular weight is 499 g/mol. The molecule has 0 spiro atoms. The first kappa shape index (κ1) is 26.1. The summed E-state index contributed by atoms with van der Waals surface area (Å²) in [6.45, 7) is 5.60. The molecule has 3 nitrogen and oxygen atoms in total. The quantitative estimate of drug-likeness (QED) is 0.166. The molecule has 192 valence electrons. The molecule has 0 unspecified atom stereocenters. The Bertz CT molecular complexity index is 1110. The molecule has 0 atom stereocenters. The van der Waals surface area contributed by atoms with E-state index in [-0.39, 0.29) is 28.5 Å². The van der Waals surface area contributed by atoms with Crippen LogP contribution < -0.4 is 9.47 Å². The number of carbonyl (C=O) groups is 1. The maximum absolute atomic E-state index is 14.8. The second kappa shape index (κ2) is 11.8. The van der Waals surface area contributed by atoms with Crippen LogP contribution in [0.25, 0.3) is 11.1 Å². The molecular weight excluding hydrogens is 465 g/mol. The number of benzene rings is 2. The maximum Gasteiger partial charge on any atom is 0.314 e. The number of hydrogen-bond donors (Lipinski definition) is 0. The molecule has 6 heteroatoms. The molecule has 0 aliphatic heterocycles. The highest BCUT2D eigenvalue weighted by atomic mass is 19.2. The van der Waals surface area contributed by atoms with Crippen molar-refractivity contribution in [3.8, 4) is 22.6 Å².